The largest absolute Gasteiger partial charge is 0.449 e. The summed E-state index contributed by atoms with van der Waals surface area (Å²) in [4.78, 5) is 25.5. The van der Waals surface area contributed by atoms with E-state index < -0.39 is 12.1 Å². The minimum absolute atomic E-state index is 0.348. The van der Waals surface area contributed by atoms with Gasteiger partial charge in [0, 0.05) is 5.69 Å². The van der Waals surface area contributed by atoms with E-state index in [1.165, 1.54) is 0 Å². The second-order valence-electron chi connectivity index (χ2n) is 7.63. The predicted octanol–water partition coefficient (Wildman–Crippen LogP) is 5.39. The Morgan fingerprint density at radius 1 is 0.900 bits per heavy atom. The summed E-state index contributed by atoms with van der Waals surface area (Å²) in [6, 6.07) is 21.3. The zero-order valence-corrected chi connectivity index (χ0v) is 17.9. The van der Waals surface area contributed by atoms with Crippen molar-refractivity contribution in [3.8, 4) is 0 Å². The Labute approximate surface area is 177 Å². The number of rotatable bonds is 6. The van der Waals surface area contributed by atoms with Crippen LogP contribution in [-0.2, 0) is 16.0 Å². The van der Waals surface area contributed by atoms with Crippen molar-refractivity contribution in [2.75, 3.05) is 5.32 Å². The molecule has 1 N–H and O–H groups in total. The van der Waals surface area contributed by atoms with Gasteiger partial charge in [-0.1, -0.05) is 66.2 Å². The number of hydrogen-bond donors (Lipinski definition) is 1. The zero-order valence-electron chi connectivity index (χ0n) is 17.9. The van der Waals surface area contributed by atoms with Crippen LogP contribution in [0.3, 0.4) is 0 Å². The van der Waals surface area contributed by atoms with Crippen molar-refractivity contribution < 1.29 is 14.3 Å². The third-order valence-corrected chi connectivity index (χ3v) is 5.05. The van der Waals surface area contributed by atoms with Crippen molar-refractivity contribution in [3.05, 3.63) is 100 Å². The maximum Gasteiger partial charge on any atom is 0.339 e. The first-order valence-electron chi connectivity index (χ1n) is 10.1. The van der Waals surface area contributed by atoms with E-state index in [-0.39, 0.29) is 5.91 Å². The van der Waals surface area contributed by atoms with Crippen molar-refractivity contribution in [2.45, 2.75) is 40.2 Å². The van der Waals surface area contributed by atoms with Crippen molar-refractivity contribution >= 4 is 17.6 Å². The minimum Gasteiger partial charge on any atom is -0.449 e. The van der Waals surface area contributed by atoms with Crippen molar-refractivity contribution in [1.82, 2.24) is 0 Å². The average Bonchev–Trinajstić information content (AvgIpc) is 2.71. The highest BCUT2D eigenvalue weighted by Crippen LogP contribution is 2.22. The second kappa shape index (κ2) is 9.40. The normalized spacial score (nSPS) is 11.6. The molecule has 3 aromatic carbocycles. The molecule has 154 valence electrons. The highest BCUT2D eigenvalue weighted by atomic mass is 16.5. The minimum atomic E-state index is -0.914. The number of nitrogens with one attached hydrogen (secondary N) is 1. The lowest BCUT2D eigenvalue weighted by atomic mass is 10.00. The molecule has 0 heterocycles. The topological polar surface area (TPSA) is 55.4 Å². The van der Waals surface area contributed by atoms with E-state index in [2.05, 4.69) is 5.32 Å². The van der Waals surface area contributed by atoms with Gasteiger partial charge in [-0.3, -0.25) is 4.79 Å². The number of hydrogen-bond acceptors (Lipinski definition) is 3. The number of benzene rings is 3. The molecule has 1 atom stereocenters. The third kappa shape index (κ3) is 5.15. The van der Waals surface area contributed by atoms with Gasteiger partial charge in [0.25, 0.3) is 5.91 Å². The van der Waals surface area contributed by atoms with Gasteiger partial charge in [-0.15, -0.1) is 0 Å². The molecule has 0 aliphatic carbocycles. The fourth-order valence-corrected chi connectivity index (χ4v) is 3.57. The molecule has 3 rings (SSSR count). The molecule has 30 heavy (non-hydrogen) atoms. The van der Waals surface area contributed by atoms with Gasteiger partial charge in [-0.2, -0.15) is 0 Å². The molecule has 0 radical (unpaired) electrons. The molecular weight excluding hydrogens is 374 g/mol. The van der Waals surface area contributed by atoms with E-state index in [1.807, 2.05) is 75.4 Å². The summed E-state index contributed by atoms with van der Waals surface area (Å²) in [7, 11) is 0. The molecule has 1 amide bonds. The maximum absolute atomic E-state index is 12.8. The van der Waals surface area contributed by atoms with E-state index in [0.717, 1.165) is 33.5 Å². The molecule has 0 unspecified atom stereocenters. The van der Waals surface area contributed by atoms with Gasteiger partial charge in [0.15, 0.2) is 6.10 Å². The lowest BCUT2D eigenvalue weighted by Crippen LogP contribution is -2.30. The predicted molar refractivity (Wildman–Crippen MR) is 120 cm³/mol. The molecule has 4 heteroatoms. The van der Waals surface area contributed by atoms with Gasteiger partial charge < -0.3 is 10.1 Å². The zero-order chi connectivity index (χ0) is 21.7. The molecule has 0 fully saturated rings. The molecule has 0 bridgehead atoms. The first kappa shape index (κ1) is 21.3. The SMILES string of the molecule is Cc1cc(C)c(NC(=O)[C@@H](C)OC(=O)c2ccccc2Cc2ccccc2)c(C)c1. The quantitative estimate of drug-likeness (QED) is 0.564. The Morgan fingerprint density at radius 3 is 2.17 bits per heavy atom. The lowest BCUT2D eigenvalue weighted by Gasteiger charge is -2.17. The summed E-state index contributed by atoms with van der Waals surface area (Å²) in [5.74, 6) is -0.847. The fourth-order valence-electron chi connectivity index (χ4n) is 3.57. The molecule has 4 nitrogen and oxygen atoms in total. The summed E-state index contributed by atoms with van der Waals surface area (Å²) in [5.41, 5.74) is 6.31. The summed E-state index contributed by atoms with van der Waals surface area (Å²) in [6.45, 7) is 7.51. The average molecular weight is 402 g/mol. The van der Waals surface area contributed by atoms with Crippen LogP contribution in [-0.4, -0.2) is 18.0 Å². The number of carbonyl (C=O) groups excluding carboxylic acids is 2. The molecule has 0 aliphatic rings. The lowest BCUT2D eigenvalue weighted by molar-refractivity contribution is -0.123. The third-order valence-electron chi connectivity index (χ3n) is 5.05. The van der Waals surface area contributed by atoms with Crippen LogP contribution in [0.4, 0.5) is 5.69 Å². The number of ether oxygens (including phenoxy) is 1. The highest BCUT2D eigenvalue weighted by molar-refractivity contribution is 5.98. The van der Waals surface area contributed by atoms with Crippen LogP contribution in [0.2, 0.25) is 0 Å². The van der Waals surface area contributed by atoms with Crippen LogP contribution in [0.15, 0.2) is 66.7 Å². The maximum atomic E-state index is 12.8. The number of amides is 1. The Bertz CT molecular complexity index is 1030. The summed E-state index contributed by atoms with van der Waals surface area (Å²) >= 11 is 0. The van der Waals surface area contributed by atoms with Crippen LogP contribution in [0.25, 0.3) is 0 Å². The fraction of sp³-hybridized carbons (Fsp3) is 0.231. The monoisotopic (exact) mass is 401 g/mol. The van der Waals surface area contributed by atoms with Crippen molar-refractivity contribution in [1.29, 1.82) is 0 Å². The summed E-state index contributed by atoms with van der Waals surface area (Å²) in [5, 5.41) is 2.90. The molecule has 0 aromatic heterocycles. The van der Waals surface area contributed by atoms with Gasteiger partial charge in [0.2, 0.25) is 0 Å². The van der Waals surface area contributed by atoms with Crippen LogP contribution >= 0.6 is 0 Å². The van der Waals surface area contributed by atoms with Crippen molar-refractivity contribution in [2.24, 2.45) is 0 Å². The van der Waals surface area contributed by atoms with Gasteiger partial charge in [0.1, 0.15) is 0 Å². The number of anilines is 1. The Morgan fingerprint density at radius 2 is 1.50 bits per heavy atom. The smallest absolute Gasteiger partial charge is 0.339 e. The van der Waals surface area contributed by atoms with Crippen LogP contribution in [0, 0.1) is 20.8 Å². The Kier molecular flexibility index (Phi) is 6.68. The summed E-state index contributed by atoms with van der Waals surface area (Å²) in [6.07, 6.45) is -0.295. The van der Waals surface area contributed by atoms with Crippen molar-refractivity contribution in [3.63, 3.8) is 0 Å². The molecular formula is C26H27NO3. The molecule has 0 saturated carbocycles. The molecule has 3 aromatic rings. The second-order valence-corrected chi connectivity index (χ2v) is 7.63. The molecule has 0 spiro atoms. The van der Waals surface area contributed by atoms with E-state index in [9.17, 15) is 9.59 Å². The molecule has 0 aliphatic heterocycles. The van der Waals surface area contributed by atoms with Gasteiger partial charge in [-0.25, -0.2) is 4.79 Å². The van der Waals surface area contributed by atoms with Crippen LogP contribution in [0.1, 0.15) is 45.1 Å². The number of aryl methyl sites for hydroxylation is 3. The Hall–Kier alpha value is -3.40. The van der Waals surface area contributed by atoms with Crippen LogP contribution in [0.5, 0.6) is 0 Å². The van der Waals surface area contributed by atoms with Gasteiger partial charge in [-0.05, 0) is 62.4 Å². The van der Waals surface area contributed by atoms with E-state index in [0.29, 0.717) is 12.0 Å². The van der Waals surface area contributed by atoms with E-state index in [4.69, 9.17) is 4.74 Å². The number of esters is 1. The standard InChI is InChI=1S/C26H27NO3/c1-17-14-18(2)24(19(3)15-17)27-25(28)20(4)30-26(29)23-13-9-8-12-22(23)16-21-10-6-5-7-11-21/h5-15,20H,16H2,1-4H3,(H,27,28)/t20-/m1/s1. The van der Waals surface area contributed by atoms with Gasteiger partial charge >= 0.3 is 5.97 Å². The van der Waals surface area contributed by atoms with Crippen LogP contribution < -0.4 is 5.32 Å². The first-order valence-corrected chi connectivity index (χ1v) is 10.1. The van der Waals surface area contributed by atoms with E-state index in [1.54, 1.807) is 19.1 Å². The number of carbonyl (C=O) groups is 2. The summed E-state index contributed by atoms with van der Waals surface area (Å²) < 4.78 is 5.50. The molecule has 0 saturated heterocycles. The highest BCUT2D eigenvalue weighted by Gasteiger charge is 2.22. The Balaban J connectivity index is 1.71. The van der Waals surface area contributed by atoms with E-state index >= 15 is 0 Å². The first-order chi connectivity index (χ1) is 14.3. The van der Waals surface area contributed by atoms with Gasteiger partial charge in [0.05, 0.1) is 5.56 Å².